The SMILES string of the molecule is N#CC[C@]1(n2cc(C3N=CN=C4NC=CC43)cn2)C[C@H](N2CCC(Oc3cc(CN4CCC[C@@H]4CO)cc(C(F)(F)F)n3)CC2)C1. The van der Waals surface area contributed by atoms with E-state index in [2.05, 4.69) is 37.3 Å². The van der Waals surface area contributed by atoms with E-state index in [1.807, 2.05) is 28.2 Å². The molecular formula is C32H38F3N9O2. The highest BCUT2D eigenvalue weighted by molar-refractivity contribution is 5.96. The van der Waals surface area contributed by atoms with Gasteiger partial charge in [-0.3, -0.25) is 19.5 Å². The van der Waals surface area contributed by atoms with Crippen molar-refractivity contribution < 1.29 is 23.0 Å². The van der Waals surface area contributed by atoms with Crippen molar-refractivity contribution >= 4 is 12.2 Å². The Morgan fingerprint density at radius 1 is 1.15 bits per heavy atom. The molecular weight excluding hydrogens is 599 g/mol. The van der Waals surface area contributed by atoms with Crippen LogP contribution in [0.1, 0.15) is 67.8 Å². The molecule has 2 unspecified atom stereocenters. The van der Waals surface area contributed by atoms with E-state index in [-0.39, 0.29) is 48.2 Å². The first-order valence-electron chi connectivity index (χ1n) is 16.0. The average Bonchev–Trinajstić information content (AvgIpc) is 3.80. The van der Waals surface area contributed by atoms with Crippen LogP contribution in [0.3, 0.4) is 0 Å². The molecule has 46 heavy (non-hydrogen) atoms. The highest BCUT2D eigenvalue weighted by atomic mass is 19.4. The maximum absolute atomic E-state index is 13.7. The number of likely N-dealkylation sites (tertiary alicyclic amines) is 2. The molecule has 0 amide bonds. The van der Waals surface area contributed by atoms with Crippen LogP contribution >= 0.6 is 0 Å². The van der Waals surface area contributed by atoms with Crippen molar-refractivity contribution in [2.75, 3.05) is 26.2 Å². The zero-order chi connectivity index (χ0) is 31.9. The molecule has 3 atom stereocenters. The van der Waals surface area contributed by atoms with Crippen molar-refractivity contribution in [2.45, 2.75) is 87.4 Å². The maximum atomic E-state index is 13.7. The molecule has 7 rings (SSSR count). The van der Waals surface area contributed by atoms with Crippen molar-refractivity contribution in [2.24, 2.45) is 15.9 Å². The number of fused-ring (bicyclic) bond motifs is 1. The third-order valence-electron chi connectivity index (χ3n) is 10.2. The summed E-state index contributed by atoms with van der Waals surface area (Å²) in [5, 5.41) is 27.2. The van der Waals surface area contributed by atoms with Gasteiger partial charge in [-0.05, 0) is 62.9 Å². The van der Waals surface area contributed by atoms with Gasteiger partial charge in [0.15, 0.2) is 0 Å². The van der Waals surface area contributed by atoms with Gasteiger partial charge in [0.05, 0.1) is 42.8 Å². The van der Waals surface area contributed by atoms with Crippen LogP contribution in [0.15, 0.2) is 46.8 Å². The van der Waals surface area contributed by atoms with Gasteiger partial charge in [-0.2, -0.15) is 23.5 Å². The lowest BCUT2D eigenvalue weighted by Crippen LogP contribution is -2.58. The first kappa shape index (κ1) is 30.8. The number of nitriles is 1. The molecule has 0 radical (unpaired) electrons. The first-order valence-corrected chi connectivity index (χ1v) is 16.0. The second-order valence-electron chi connectivity index (χ2n) is 13.1. The number of alkyl halides is 3. The minimum atomic E-state index is -4.58. The molecule has 6 heterocycles. The summed E-state index contributed by atoms with van der Waals surface area (Å²) in [5.74, 6) is 0.922. The summed E-state index contributed by atoms with van der Waals surface area (Å²) in [7, 11) is 0. The topological polar surface area (TPSA) is 127 Å². The second-order valence-corrected chi connectivity index (χ2v) is 13.1. The number of amidine groups is 1. The number of aliphatic hydroxyl groups is 1. The quantitative estimate of drug-likeness (QED) is 0.426. The first-order chi connectivity index (χ1) is 22.2. The highest BCUT2D eigenvalue weighted by Gasteiger charge is 2.49. The number of halogens is 3. The Balaban J connectivity index is 0.967. The fraction of sp³-hybridized carbons (Fsp3) is 0.594. The van der Waals surface area contributed by atoms with Crippen molar-refractivity contribution in [3.05, 3.63) is 53.6 Å². The van der Waals surface area contributed by atoms with E-state index in [9.17, 15) is 23.5 Å². The van der Waals surface area contributed by atoms with Crippen LogP contribution in [-0.2, 0) is 18.3 Å². The fourth-order valence-electron chi connectivity index (χ4n) is 7.67. The van der Waals surface area contributed by atoms with E-state index in [0.717, 1.165) is 62.8 Å². The predicted molar refractivity (Wildman–Crippen MR) is 163 cm³/mol. The van der Waals surface area contributed by atoms with Crippen molar-refractivity contribution in [1.82, 2.24) is 29.9 Å². The molecule has 14 heteroatoms. The van der Waals surface area contributed by atoms with Crippen LogP contribution in [0.4, 0.5) is 13.2 Å². The van der Waals surface area contributed by atoms with Gasteiger partial charge in [-0.15, -0.1) is 0 Å². The van der Waals surface area contributed by atoms with E-state index >= 15 is 0 Å². The number of piperidine rings is 1. The number of hydrogen-bond acceptors (Lipinski definition) is 10. The lowest BCUT2D eigenvalue weighted by atomic mass is 9.69. The fourth-order valence-corrected chi connectivity index (χ4v) is 7.67. The van der Waals surface area contributed by atoms with E-state index in [1.54, 1.807) is 12.4 Å². The van der Waals surface area contributed by atoms with Gasteiger partial charge < -0.3 is 15.2 Å². The molecule has 3 fully saturated rings. The summed E-state index contributed by atoms with van der Waals surface area (Å²) in [6, 6.07) is 5.20. The Bertz CT molecular complexity index is 1550. The number of ether oxygens (including phenoxy) is 1. The molecule has 4 aliphatic heterocycles. The lowest BCUT2D eigenvalue weighted by Gasteiger charge is -2.52. The zero-order valence-electron chi connectivity index (χ0n) is 25.5. The van der Waals surface area contributed by atoms with Gasteiger partial charge in [0.1, 0.15) is 24.0 Å². The molecule has 0 spiro atoms. The molecule has 0 aromatic carbocycles. The Labute approximate surface area is 265 Å². The Hall–Kier alpha value is -3.80. The van der Waals surface area contributed by atoms with Crippen molar-refractivity contribution in [3.8, 4) is 11.9 Å². The minimum absolute atomic E-state index is 0.00115. The number of hydrogen-bond donors (Lipinski definition) is 2. The average molecular weight is 638 g/mol. The zero-order valence-corrected chi connectivity index (χ0v) is 25.5. The number of aliphatic imine (C=N–C) groups is 2. The highest BCUT2D eigenvalue weighted by Crippen LogP contribution is 2.46. The van der Waals surface area contributed by atoms with Crippen molar-refractivity contribution in [3.63, 3.8) is 0 Å². The number of pyridine rings is 1. The molecule has 1 saturated carbocycles. The van der Waals surface area contributed by atoms with E-state index in [0.29, 0.717) is 31.4 Å². The number of aliphatic hydroxyl groups excluding tert-OH is 1. The standard InChI is InChI=1S/C32H38F3N9O2/c33-32(34,35)27-12-21(17-43-9-1-2-23(43)19-45)13-28(41-27)46-25-4-10-42(11-5-25)24-14-31(15-24,6-7-36)44-18-22(16-40-44)29-26-3-8-37-30(26)39-20-38-29/h3,8,12-13,16,18,20,23-26,29,45H,1-2,4-6,9-11,14-15,17,19H2,(H,37,38,39)/t23-,24-,26?,29?,31-/m1/s1. The molecule has 0 bridgehead atoms. The van der Waals surface area contributed by atoms with Crippen LogP contribution in [0, 0.1) is 17.2 Å². The van der Waals surface area contributed by atoms with Crippen molar-refractivity contribution in [1.29, 1.82) is 5.26 Å². The van der Waals surface area contributed by atoms with Gasteiger partial charge in [0.2, 0.25) is 5.88 Å². The summed E-state index contributed by atoms with van der Waals surface area (Å²) in [5.41, 5.74) is 0.135. The Morgan fingerprint density at radius 2 is 1.98 bits per heavy atom. The number of nitrogens with zero attached hydrogens (tertiary/aromatic N) is 8. The summed E-state index contributed by atoms with van der Waals surface area (Å²) in [6.07, 6.45) is 9.60. The molecule has 2 N–H and O–H groups in total. The number of nitrogens with one attached hydrogen (secondary N) is 1. The minimum Gasteiger partial charge on any atom is -0.474 e. The van der Waals surface area contributed by atoms with Gasteiger partial charge in [-0.1, -0.05) is 6.08 Å². The van der Waals surface area contributed by atoms with Crippen LogP contribution in [0.2, 0.25) is 0 Å². The maximum Gasteiger partial charge on any atom is 0.433 e. The summed E-state index contributed by atoms with van der Waals surface area (Å²) in [6.45, 7) is 2.54. The third kappa shape index (κ3) is 6.03. The lowest BCUT2D eigenvalue weighted by molar-refractivity contribution is -0.141. The van der Waals surface area contributed by atoms with Crippen LogP contribution in [0.25, 0.3) is 0 Å². The molecule has 1 aliphatic carbocycles. The molecule has 244 valence electrons. The Morgan fingerprint density at radius 3 is 2.74 bits per heavy atom. The molecule has 2 saturated heterocycles. The molecule has 2 aromatic heterocycles. The van der Waals surface area contributed by atoms with E-state index in [4.69, 9.17) is 9.84 Å². The number of rotatable bonds is 9. The molecule has 2 aromatic rings. The van der Waals surface area contributed by atoms with Gasteiger partial charge >= 0.3 is 6.18 Å². The van der Waals surface area contributed by atoms with E-state index < -0.39 is 11.9 Å². The second kappa shape index (κ2) is 12.4. The largest absolute Gasteiger partial charge is 0.474 e. The summed E-state index contributed by atoms with van der Waals surface area (Å²) < 4.78 is 49.2. The summed E-state index contributed by atoms with van der Waals surface area (Å²) >= 11 is 0. The monoisotopic (exact) mass is 637 g/mol. The van der Waals surface area contributed by atoms with E-state index in [1.165, 1.54) is 0 Å². The normalized spacial score (nSPS) is 30.0. The van der Waals surface area contributed by atoms with Crippen LogP contribution in [0.5, 0.6) is 5.88 Å². The van der Waals surface area contributed by atoms with Crippen LogP contribution in [-0.4, -0.2) is 86.3 Å². The van der Waals surface area contributed by atoms with Crippen LogP contribution < -0.4 is 10.1 Å². The Kier molecular flexibility index (Phi) is 8.33. The van der Waals surface area contributed by atoms with Gasteiger partial charge in [0.25, 0.3) is 0 Å². The van der Waals surface area contributed by atoms with Gasteiger partial charge in [0, 0.05) is 49.5 Å². The third-order valence-corrected chi connectivity index (χ3v) is 10.2. The summed E-state index contributed by atoms with van der Waals surface area (Å²) in [4.78, 5) is 17.2. The predicted octanol–water partition coefficient (Wildman–Crippen LogP) is 3.78. The smallest absolute Gasteiger partial charge is 0.433 e. The molecule has 11 nitrogen and oxygen atoms in total. The number of aromatic nitrogens is 3. The van der Waals surface area contributed by atoms with Gasteiger partial charge in [-0.25, -0.2) is 9.98 Å². The molecule has 5 aliphatic rings.